The Labute approximate surface area is 203 Å². The highest BCUT2D eigenvalue weighted by Crippen LogP contribution is 2.38. The molecule has 2 heterocycles. The number of carbonyl (C=O) groups excluding carboxylic acids is 2. The zero-order valence-corrected chi connectivity index (χ0v) is 19.7. The van der Waals surface area contributed by atoms with E-state index in [4.69, 9.17) is 14.1 Å². The van der Waals surface area contributed by atoms with Crippen molar-refractivity contribution in [3.63, 3.8) is 0 Å². The molecular formula is C28H27N3O4. The third kappa shape index (κ3) is 4.44. The van der Waals surface area contributed by atoms with Gasteiger partial charge in [0.1, 0.15) is 11.3 Å². The maximum absolute atomic E-state index is 13.5. The lowest BCUT2D eigenvalue weighted by Gasteiger charge is -2.32. The fraction of sp³-hybridized carbons (Fsp3) is 0.357. The predicted octanol–water partition coefficient (Wildman–Crippen LogP) is 5.20. The summed E-state index contributed by atoms with van der Waals surface area (Å²) in [5.41, 5.74) is 2.82. The summed E-state index contributed by atoms with van der Waals surface area (Å²) in [7, 11) is 0. The standard InChI is InChI=1S/C28H27N3O4/c1-18(26(32)31-28(17-29)13-5-2-6-14-28)35-27(33)24-21-9-3-4-10-23(21)30-25-19(11-12-22(24)25)16-20-8-7-15-34-20/h3-4,7-10,15-16,18H,2,5-6,11-14H2,1H3,(H,31,32)/b19-16+/t18-/m1/s1. The van der Waals surface area contributed by atoms with Crippen molar-refractivity contribution in [1.29, 1.82) is 5.26 Å². The largest absolute Gasteiger partial charge is 0.465 e. The minimum Gasteiger partial charge on any atom is -0.465 e. The summed E-state index contributed by atoms with van der Waals surface area (Å²) in [6, 6.07) is 13.4. The Morgan fingerprint density at radius 1 is 1.17 bits per heavy atom. The molecule has 1 fully saturated rings. The van der Waals surface area contributed by atoms with E-state index in [0.29, 0.717) is 35.7 Å². The van der Waals surface area contributed by atoms with Crippen molar-refractivity contribution in [3.8, 4) is 6.07 Å². The van der Waals surface area contributed by atoms with Crippen LogP contribution in [0.25, 0.3) is 22.6 Å². The smallest absolute Gasteiger partial charge is 0.339 e. The van der Waals surface area contributed by atoms with Crippen molar-refractivity contribution in [2.24, 2.45) is 0 Å². The summed E-state index contributed by atoms with van der Waals surface area (Å²) in [4.78, 5) is 31.2. The minimum absolute atomic E-state index is 0.445. The molecule has 3 aromatic rings. The van der Waals surface area contributed by atoms with Crippen molar-refractivity contribution in [2.45, 2.75) is 63.5 Å². The van der Waals surface area contributed by atoms with Gasteiger partial charge in [-0.15, -0.1) is 0 Å². The number of benzene rings is 1. The molecule has 1 atom stereocenters. The zero-order chi connectivity index (χ0) is 24.4. The third-order valence-corrected chi connectivity index (χ3v) is 6.94. The maximum Gasteiger partial charge on any atom is 0.339 e. The summed E-state index contributed by atoms with van der Waals surface area (Å²) in [6.07, 6.45) is 7.97. The van der Waals surface area contributed by atoms with Gasteiger partial charge in [0.2, 0.25) is 0 Å². The van der Waals surface area contributed by atoms with Crippen molar-refractivity contribution in [2.75, 3.05) is 0 Å². The number of para-hydroxylation sites is 1. The van der Waals surface area contributed by atoms with Gasteiger partial charge in [-0.25, -0.2) is 9.78 Å². The monoisotopic (exact) mass is 469 g/mol. The number of nitriles is 1. The van der Waals surface area contributed by atoms with Gasteiger partial charge in [0.25, 0.3) is 5.91 Å². The summed E-state index contributed by atoms with van der Waals surface area (Å²) >= 11 is 0. The Balaban J connectivity index is 1.44. The average molecular weight is 470 g/mol. The van der Waals surface area contributed by atoms with E-state index < -0.39 is 23.5 Å². The zero-order valence-electron chi connectivity index (χ0n) is 19.7. The second kappa shape index (κ2) is 9.38. The summed E-state index contributed by atoms with van der Waals surface area (Å²) < 4.78 is 11.1. The first-order valence-corrected chi connectivity index (χ1v) is 12.1. The van der Waals surface area contributed by atoms with Crippen LogP contribution in [-0.2, 0) is 16.0 Å². The fourth-order valence-corrected chi connectivity index (χ4v) is 5.09. The van der Waals surface area contributed by atoms with Gasteiger partial charge in [-0.05, 0) is 68.0 Å². The second-order valence-corrected chi connectivity index (χ2v) is 9.31. The number of aromatic nitrogens is 1. The van der Waals surface area contributed by atoms with Crippen molar-refractivity contribution in [1.82, 2.24) is 10.3 Å². The van der Waals surface area contributed by atoms with Crippen LogP contribution in [0.1, 0.15) is 72.8 Å². The van der Waals surface area contributed by atoms with E-state index in [2.05, 4.69) is 11.4 Å². The number of nitrogens with one attached hydrogen (secondary N) is 1. The number of nitrogens with zero attached hydrogens (tertiary/aromatic N) is 2. The maximum atomic E-state index is 13.5. The number of hydrogen-bond acceptors (Lipinski definition) is 6. The van der Waals surface area contributed by atoms with Gasteiger partial charge in [0, 0.05) is 5.39 Å². The van der Waals surface area contributed by atoms with Gasteiger partial charge in [0.05, 0.1) is 29.1 Å². The van der Waals surface area contributed by atoms with Gasteiger partial charge in [-0.1, -0.05) is 37.5 Å². The van der Waals surface area contributed by atoms with Crippen LogP contribution in [0.3, 0.4) is 0 Å². The number of allylic oxidation sites excluding steroid dienone is 1. The Kier molecular flexibility index (Phi) is 6.12. The number of amides is 1. The lowest BCUT2D eigenvalue weighted by atomic mass is 9.83. The predicted molar refractivity (Wildman–Crippen MR) is 131 cm³/mol. The molecule has 1 saturated carbocycles. The van der Waals surface area contributed by atoms with Crippen LogP contribution >= 0.6 is 0 Å². The molecule has 0 radical (unpaired) electrons. The molecule has 0 aliphatic heterocycles. The quantitative estimate of drug-likeness (QED) is 0.515. The molecule has 7 nitrogen and oxygen atoms in total. The average Bonchev–Trinajstić information content (AvgIpc) is 3.53. The second-order valence-electron chi connectivity index (χ2n) is 9.31. The Hall–Kier alpha value is -3.92. The molecule has 1 amide bonds. The van der Waals surface area contributed by atoms with Gasteiger partial charge in [-0.3, -0.25) is 4.79 Å². The molecule has 1 N–H and O–H groups in total. The van der Waals surface area contributed by atoms with Gasteiger partial charge < -0.3 is 14.5 Å². The number of rotatable bonds is 5. The molecular weight excluding hydrogens is 442 g/mol. The van der Waals surface area contributed by atoms with Gasteiger partial charge in [-0.2, -0.15) is 5.26 Å². The molecule has 1 aromatic carbocycles. The molecule has 0 spiro atoms. The van der Waals surface area contributed by atoms with Crippen LogP contribution in [-0.4, -0.2) is 28.5 Å². The fourth-order valence-electron chi connectivity index (χ4n) is 5.09. The van der Waals surface area contributed by atoms with Crippen LogP contribution in [0.4, 0.5) is 0 Å². The molecule has 7 heteroatoms. The number of hydrogen-bond donors (Lipinski definition) is 1. The van der Waals surface area contributed by atoms with E-state index in [9.17, 15) is 14.9 Å². The van der Waals surface area contributed by atoms with Crippen molar-refractivity contribution < 1.29 is 18.7 Å². The molecule has 5 rings (SSSR count). The van der Waals surface area contributed by atoms with E-state index in [1.807, 2.05) is 42.5 Å². The third-order valence-electron chi connectivity index (χ3n) is 6.94. The van der Waals surface area contributed by atoms with E-state index in [1.54, 1.807) is 13.2 Å². The summed E-state index contributed by atoms with van der Waals surface area (Å²) in [5, 5.41) is 13.2. The first kappa shape index (κ1) is 22.9. The number of pyridine rings is 1. The lowest BCUT2D eigenvalue weighted by Crippen LogP contribution is -2.52. The highest BCUT2D eigenvalue weighted by Gasteiger charge is 2.36. The lowest BCUT2D eigenvalue weighted by molar-refractivity contribution is -0.130. The van der Waals surface area contributed by atoms with Crippen molar-refractivity contribution in [3.05, 3.63) is 65.2 Å². The Morgan fingerprint density at radius 2 is 1.97 bits per heavy atom. The molecule has 35 heavy (non-hydrogen) atoms. The van der Waals surface area contributed by atoms with Crippen LogP contribution < -0.4 is 5.32 Å². The highest BCUT2D eigenvalue weighted by atomic mass is 16.5. The number of fused-ring (bicyclic) bond motifs is 2. The van der Waals surface area contributed by atoms with Gasteiger partial charge >= 0.3 is 5.97 Å². The SMILES string of the molecule is C[C@@H](OC(=O)c1c2c(nc3ccccc13)/C(=C/c1ccco1)CC2)C(=O)NC1(C#N)CCCCC1. The molecule has 178 valence electrons. The van der Waals surface area contributed by atoms with Crippen LogP contribution in [0.2, 0.25) is 0 Å². The van der Waals surface area contributed by atoms with Crippen LogP contribution in [0.15, 0.2) is 47.1 Å². The first-order chi connectivity index (χ1) is 17.0. The van der Waals surface area contributed by atoms with E-state index in [-0.39, 0.29) is 0 Å². The molecule has 2 aliphatic carbocycles. The summed E-state index contributed by atoms with van der Waals surface area (Å²) in [6.45, 7) is 1.55. The molecule has 2 aromatic heterocycles. The topological polar surface area (TPSA) is 105 Å². The molecule has 0 bridgehead atoms. The Morgan fingerprint density at radius 3 is 2.71 bits per heavy atom. The summed E-state index contributed by atoms with van der Waals surface area (Å²) in [5.74, 6) is -0.280. The van der Waals surface area contributed by atoms with Crippen LogP contribution in [0, 0.1) is 11.3 Å². The number of furan rings is 1. The van der Waals surface area contributed by atoms with E-state index >= 15 is 0 Å². The molecule has 2 aliphatic rings. The molecule has 0 saturated heterocycles. The molecule has 0 unspecified atom stereocenters. The first-order valence-electron chi connectivity index (χ1n) is 12.1. The highest BCUT2D eigenvalue weighted by molar-refractivity contribution is 6.07. The van der Waals surface area contributed by atoms with Crippen molar-refractivity contribution >= 4 is 34.4 Å². The number of carbonyl (C=O) groups is 2. The van der Waals surface area contributed by atoms with Gasteiger partial charge in [0.15, 0.2) is 6.10 Å². The van der Waals surface area contributed by atoms with E-state index in [1.165, 1.54) is 0 Å². The van der Waals surface area contributed by atoms with E-state index in [0.717, 1.165) is 48.3 Å². The Bertz CT molecular complexity index is 1340. The normalized spacial score (nSPS) is 18.6. The minimum atomic E-state index is -1.03. The van der Waals surface area contributed by atoms with Crippen LogP contribution in [0.5, 0.6) is 0 Å². The number of ether oxygens (including phenoxy) is 1. The number of esters is 1.